The summed E-state index contributed by atoms with van der Waals surface area (Å²) in [5.74, 6) is 0.220. The zero-order valence-corrected chi connectivity index (χ0v) is 18.7. The molecule has 0 spiro atoms. The van der Waals surface area contributed by atoms with Crippen molar-refractivity contribution < 1.29 is 18.0 Å². The van der Waals surface area contributed by atoms with Crippen LogP contribution in [-0.4, -0.2) is 53.3 Å². The molecular weight excluding hydrogens is 446 g/mol. The van der Waals surface area contributed by atoms with E-state index >= 15 is 0 Å². The first-order valence-corrected chi connectivity index (χ1v) is 11.8. The summed E-state index contributed by atoms with van der Waals surface area (Å²) in [7, 11) is -3.92. The minimum atomic E-state index is -3.92. The molecule has 2 aromatic heterocycles. The SMILES string of the molecule is CC(=O)NS(=O)(=O)c1ccc(NC(=O)C2CCCN(c3ccc(-n4cccn4)nn3)C2)cc1. The maximum Gasteiger partial charge on any atom is 0.264 e. The Labute approximate surface area is 190 Å². The molecule has 0 bridgehead atoms. The second-order valence-corrected chi connectivity index (χ2v) is 9.34. The van der Waals surface area contributed by atoms with E-state index in [1.165, 1.54) is 24.3 Å². The number of hydrogen-bond donors (Lipinski definition) is 2. The molecule has 1 unspecified atom stereocenters. The van der Waals surface area contributed by atoms with Gasteiger partial charge in [0.25, 0.3) is 10.0 Å². The molecule has 2 amide bonds. The molecular formula is C21H23N7O4S. The van der Waals surface area contributed by atoms with Gasteiger partial charge in [-0.15, -0.1) is 10.2 Å². The highest BCUT2D eigenvalue weighted by Gasteiger charge is 2.27. The molecule has 0 radical (unpaired) electrons. The summed E-state index contributed by atoms with van der Waals surface area (Å²) in [5, 5.41) is 15.5. The summed E-state index contributed by atoms with van der Waals surface area (Å²) >= 11 is 0. The lowest BCUT2D eigenvalue weighted by atomic mass is 9.97. The summed E-state index contributed by atoms with van der Waals surface area (Å²) in [5.41, 5.74) is 0.474. The van der Waals surface area contributed by atoms with Gasteiger partial charge in [-0.25, -0.2) is 17.8 Å². The third kappa shape index (κ3) is 5.34. The van der Waals surface area contributed by atoms with Gasteiger partial charge in [0.1, 0.15) is 0 Å². The number of hydrogen-bond acceptors (Lipinski definition) is 8. The number of rotatable bonds is 6. The number of nitrogens with zero attached hydrogens (tertiary/aromatic N) is 5. The molecule has 1 fully saturated rings. The molecule has 11 nitrogen and oxygen atoms in total. The van der Waals surface area contributed by atoms with Crippen molar-refractivity contribution in [2.24, 2.45) is 5.92 Å². The lowest BCUT2D eigenvalue weighted by molar-refractivity contribution is -0.120. The fourth-order valence-corrected chi connectivity index (χ4v) is 4.61. The molecule has 1 aliphatic heterocycles. The normalized spacial score (nSPS) is 16.3. The molecule has 1 aromatic carbocycles. The van der Waals surface area contributed by atoms with Crippen molar-refractivity contribution in [2.75, 3.05) is 23.3 Å². The fraction of sp³-hybridized carbons (Fsp3) is 0.286. The summed E-state index contributed by atoms with van der Waals surface area (Å²) in [6.07, 6.45) is 5.01. The van der Waals surface area contributed by atoms with Gasteiger partial charge >= 0.3 is 0 Å². The van der Waals surface area contributed by atoms with Gasteiger partial charge in [-0.2, -0.15) is 5.10 Å². The lowest BCUT2D eigenvalue weighted by Gasteiger charge is -2.32. The quantitative estimate of drug-likeness (QED) is 0.551. The first-order chi connectivity index (χ1) is 15.8. The van der Waals surface area contributed by atoms with Crippen LogP contribution in [0.15, 0.2) is 59.8 Å². The molecule has 2 N–H and O–H groups in total. The average molecular weight is 470 g/mol. The smallest absolute Gasteiger partial charge is 0.264 e. The van der Waals surface area contributed by atoms with E-state index in [1.807, 2.05) is 21.8 Å². The van der Waals surface area contributed by atoms with E-state index in [0.29, 0.717) is 23.9 Å². The van der Waals surface area contributed by atoms with Gasteiger partial charge in [-0.1, -0.05) is 0 Å². The summed E-state index contributed by atoms with van der Waals surface area (Å²) in [6, 6.07) is 11.2. The fourth-order valence-electron chi connectivity index (χ4n) is 3.62. The predicted molar refractivity (Wildman–Crippen MR) is 120 cm³/mol. The van der Waals surface area contributed by atoms with E-state index in [0.717, 1.165) is 26.3 Å². The van der Waals surface area contributed by atoms with Crippen LogP contribution in [0, 0.1) is 5.92 Å². The molecule has 12 heteroatoms. The van der Waals surface area contributed by atoms with Crippen LogP contribution >= 0.6 is 0 Å². The van der Waals surface area contributed by atoms with Crippen molar-refractivity contribution in [3.8, 4) is 5.82 Å². The first-order valence-electron chi connectivity index (χ1n) is 10.3. The van der Waals surface area contributed by atoms with Crippen molar-refractivity contribution in [3.63, 3.8) is 0 Å². The minimum Gasteiger partial charge on any atom is -0.354 e. The maximum atomic E-state index is 12.8. The lowest BCUT2D eigenvalue weighted by Crippen LogP contribution is -2.41. The van der Waals surface area contributed by atoms with E-state index in [2.05, 4.69) is 20.6 Å². The van der Waals surface area contributed by atoms with Crippen LogP contribution in [0.4, 0.5) is 11.5 Å². The Morgan fingerprint density at radius 1 is 1.06 bits per heavy atom. The Hall–Kier alpha value is -3.80. The number of aromatic nitrogens is 4. The van der Waals surface area contributed by atoms with Crippen LogP contribution in [0.1, 0.15) is 19.8 Å². The Morgan fingerprint density at radius 2 is 1.79 bits per heavy atom. The zero-order chi connectivity index (χ0) is 23.4. The third-order valence-electron chi connectivity index (χ3n) is 5.20. The van der Waals surface area contributed by atoms with Gasteiger partial charge in [0.2, 0.25) is 11.8 Å². The van der Waals surface area contributed by atoms with Gasteiger partial charge in [0, 0.05) is 38.1 Å². The molecule has 0 aliphatic carbocycles. The van der Waals surface area contributed by atoms with Gasteiger partial charge in [0.05, 0.1) is 10.8 Å². The minimum absolute atomic E-state index is 0.0586. The highest BCUT2D eigenvalue weighted by Crippen LogP contribution is 2.23. The molecule has 172 valence electrons. The second-order valence-electron chi connectivity index (χ2n) is 7.66. The van der Waals surface area contributed by atoms with E-state index in [4.69, 9.17) is 0 Å². The molecule has 4 rings (SSSR count). The first kappa shape index (κ1) is 22.4. The zero-order valence-electron chi connectivity index (χ0n) is 17.9. The Kier molecular flexibility index (Phi) is 6.36. The van der Waals surface area contributed by atoms with E-state index < -0.39 is 15.9 Å². The standard InChI is InChI=1S/C21H23N7O4S/c1-15(29)26-33(31,32)18-7-5-17(6-8-18)23-21(30)16-4-2-12-27(14-16)19-9-10-20(25-24-19)28-13-3-11-22-28/h3,5-11,13,16H,2,4,12,14H2,1H3,(H,23,30)(H,26,29). The van der Waals surface area contributed by atoms with Gasteiger partial charge in [0.15, 0.2) is 11.6 Å². The molecule has 1 aliphatic rings. The molecule has 3 heterocycles. The monoisotopic (exact) mass is 469 g/mol. The molecule has 0 saturated carbocycles. The number of piperidine rings is 1. The van der Waals surface area contributed by atoms with Crippen molar-refractivity contribution in [1.82, 2.24) is 24.7 Å². The van der Waals surface area contributed by atoms with Gasteiger partial charge < -0.3 is 10.2 Å². The Bertz CT molecular complexity index is 1230. The Balaban J connectivity index is 1.38. The van der Waals surface area contributed by atoms with E-state index in [-0.39, 0.29) is 16.7 Å². The van der Waals surface area contributed by atoms with Crippen LogP contribution in [0.3, 0.4) is 0 Å². The number of benzene rings is 1. The number of anilines is 2. The summed E-state index contributed by atoms with van der Waals surface area (Å²) in [6.45, 7) is 2.39. The van der Waals surface area contributed by atoms with Crippen molar-refractivity contribution in [1.29, 1.82) is 0 Å². The van der Waals surface area contributed by atoms with Gasteiger partial charge in [-0.05, 0) is 55.3 Å². The predicted octanol–water partition coefficient (Wildman–Crippen LogP) is 1.34. The summed E-state index contributed by atoms with van der Waals surface area (Å²) < 4.78 is 27.6. The molecule has 1 atom stereocenters. The van der Waals surface area contributed by atoms with Crippen LogP contribution in [-0.2, 0) is 19.6 Å². The van der Waals surface area contributed by atoms with E-state index in [1.54, 1.807) is 23.1 Å². The van der Waals surface area contributed by atoms with Crippen LogP contribution in [0.25, 0.3) is 5.82 Å². The number of carbonyl (C=O) groups is 2. The topological polar surface area (TPSA) is 139 Å². The number of nitrogens with one attached hydrogen (secondary N) is 2. The molecule has 3 aromatic rings. The summed E-state index contributed by atoms with van der Waals surface area (Å²) in [4.78, 5) is 25.8. The highest BCUT2D eigenvalue weighted by atomic mass is 32.2. The second kappa shape index (κ2) is 9.36. The van der Waals surface area contributed by atoms with Crippen LogP contribution in [0.5, 0.6) is 0 Å². The third-order valence-corrected chi connectivity index (χ3v) is 6.65. The number of carbonyl (C=O) groups excluding carboxylic acids is 2. The highest BCUT2D eigenvalue weighted by molar-refractivity contribution is 7.90. The molecule has 1 saturated heterocycles. The van der Waals surface area contributed by atoms with Gasteiger partial charge in [-0.3, -0.25) is 9.59 Å². The largest absolute Gasteiger partial charge is 0.354 e. The number of amides is 2. The number of sulfonamides is 1. The maximum absolute atomic E-state index is 12.8. The average Bonchev–Trinajstić information content (AvgIpc) is 3.34. The molecule has 33 heavy (non-hydrogen) atoms. The van der Waals surface area contributed by atoms with Crippen molar-refractivity contribution >= 4 is 33.3 Å². The Morgan fingerprint density at radius 3 is 2.42 bits per heavy atom. The van der Waals surface area contributed by atoms with E-state index in [9.17, 15) is 18.0 Å². The van der Waals surface area contributed by atoms with Crippen molar-refractivity contribution in [2.45, 2.75) is 24.7 Å². The van der Waals surface area contributed by atoms with Crippen LogP contribution < -0.4 is 14.9 Å². The van der Waals surface area contributed by atoms with Crippen LogP contribution in [0.2, 0.25) is 0 Å². The van der Waals surface area contributed by atoms with Crippen molar-refractivity contribution in [3.05, 3.63) is 54.9 Å².